The summed E-state index contributed by atoms with van der Waals surface area (Å²) < 4.78 is 12.4. The Kier molecular flexibility index (Phi) is 8.01. The van der Waals surface area contributed by atoms with Crippen LogP contribution in [0, 0.1) is 0 Å². The third-order valence-electron chi connectivity index (χ3n) is 6.94. The lowest BCUT2D eigenvalue weighted by Crippen LogP contribution is -2.53. The summed E-state index contributed by atoms with van der Waals surface area (Å²) in [6.45, 7) is 9.49. The molecule has 0 unspecified atom stereocenters. The molecule has 2 amide bonds. The minimum Gasteiger partial charge on any atom is -0.402 e. The molecule has 7 nitrogen and oxygen atoms in total. The Morgan fingerprint density at radius 2 is 1.69 bits per heavy atom. The van der Waals surface area contributed by atoms with Gasteiger partial charge in [0.1, 0.15) is 0 Å². The van der Waals surface area contributed by atoms with Gasteiger partial charge in [-0.2, -0.15) is 0 Å². The van der Waals surface area contributed by atoms with E-state index in [0.717, 1.165) is 38.8 Å². The van der Waals surface area contributed by atoms with E-state index in [0.29, 0.717) is 6.42 Å². The Labute approximate surface area is 192 Å². The van der Waals surface area contributed by atoms with Crippen molar-refractivity contribution < 1.29 is 18.9 Å². The molecule has 2 saturated heterocycles. The molecular formula is C24H38BN3O4. The molecule has 32 heavy (non-hydrogen) atoms. The summed E-state index contributed by atoms with van der Waals surface area (Å²) in [5, 5.41) is 3.03. The fourth-order valence-corrected chi connectivity index (χ4v) is 4.17. The van der Waals surface area contributed by atoms with E-state index < -0.39 is 24.4 Å². The van der Waals surface area contributed by atoms with E-state index in [2.05, 4.69) is 17.4 Å². The fourth-order valence-electron chi connectivity index (χ4n) is 4.17. The minimum absolute atomic E-state index is 0.0198. The van der Waals surface area contributed by atoms with Crippen molar-refractivity contribution in [2.45, 2.75) is 89.4 Å². The van der Waals surface area contributed by atoms with Crippen molar-refractivity contribution in [1.82, 2.24) is 10.2 Å². The summed E-state index contributed by atoms with van der Waals surface area (Å²) >= 11 is 0. The van der Waals surface area contributed by atoms with Gasteiger partial charge in [0.05, 0.1) is 29.6 Å². The minimum atomic E-state index is -0.887. The summed E-state index contributed by atoms with van der Waals surface area (Å²) in [7, 11) is -0.568. The van der Waals surface area contributed by atoms with Crippen molar-refractivity contribution in [1.29, 1.82) is 0 Å². The number of carbonyl (C=O) groups is 2. The van der Waals surface area contributed by atoms with E-state index in [1.165, 1.54) is 5.56 Å². The molecule has 2 aliphatic rings. The Bertz CT molecular complexity index is 765. The molecule has 1 aromatic rings. The smallest absolute Gasteiger partial charge is 0.402 e. The van der Waals surface area contributed by atoms with Crippen LogP contribution in [0.4, 0.5) is 0 Å². The third kappa shape index (κ3) is 6.12. The molecular weight excluding hydrogens is 405 g/mol. The fraction of sp³-hybridized carbons (Fsp3) is 0.667. The van der Waals surface area contributed by atoms with E-state index in [1.807, 2.05) is 45.9 Å². The highest BCUT2D eigenvalue weighted by atomic mass is 16.7. The molecule has 2 fully saturated rings. The number of hydrogen-bond acceptors (Lipinski definition) is 5. The Hall–Kier alpha value is -1.90. The van der Waals surface area contributed by atoms with Crippen molar-refractivity contribution in [2.24, 2.45) is 5.73 Å². The van der Waals surface area contributed by atoms with Crippen LogP contribution in [0.5, 0.6) is 0 Å². The second-order valence-electron chi connectivity index (χ2n) is 10.0. The molecule has 3 N–H and O–H groups in total. The van der Waals surface area contributed by atoms with Gasteiger partial charge in [-0.15, -0.1) is 0 Å². The zero-order chi connectivity index (χ0) is 23.4. The van der Waals surface area contributed by atoms with Gasteiger partial charge in [-0.1, -0.05) is 30.3 Å². The van der Waals surface area contributed by atoms with Crippen molar-refractivity contribution in [3.63, 3.8) is 0 Å². The largest absolute Gasteiger partial charge is 0.481 e. The van der Waals surface area contributed by atoms with E-state index in [9.17, 15) is 9.59 Å². The van der Waals surface area contributed by atoms with Crippen LogP contribution < -0.4 is 11.1 Å². The quantitative estimate of drug-likeness (QED) is 0.572. The lowest BCUT2D eigenvalue weighted by molar-refractivity contribution is -0.133. The van der Waals surface area contributed by atoms with Gasteiger partial charge in [0, 0.05) is 13.1 Å². The monoisotopic (exact) mass is 443 g/mol. The molecule has 0 saturated carbocycles. The molecule has 0 aromatic heterocycles. The van der Waals surface area contributed by atoms with Crippen LogP contribution in [0.1, 0.15) is 65.4 Å². The molecule has 3 rings (SSSR count). The third-order valence-corrected chi connectivity index (χ3v) is 6.94. The lowest BCUT2D eigenvalue weighted by Gasteiger charge is -2.32. The summed E-state index contributed by atoms with van der Waals surface area (Å²) in [5.41, 5.74) is 6.38. The van der Waals surface area contributed by atoms with E-state index in [-0.39, 0.29) is 24.2 Å². The summed E-state index contributed by atoms with van der Waals surface area (Å²) in [6.07, 6.45) is 4.49. The number of rotatable bonds is 9. The average Bonchev–Trinajstić information content (AvgIpc) is 3.34. The molecule has 0 radical (unpaired) electrons. The predicted molar refractivity (Wildman–Crippen MR) is 126 cm³/mol. The molecule has 8 heteroatoms. The zero-order valence-corrected chi connectivity index (χ0v) is 19.9. The molecule has 0 spiro atoms. The van der Waals surface area contributed by atoms with Crippen LogP contribution in [0.25, 0.3) is 0 Å². The first-order valence-corrected chi connectivity index (χ1v) is 11.8. The van der Waals surface area contributed by atoms with Gasteiger partial charge in [-0.25, -0.2) is 0 Å². The first-order valence-electron chi connectivity index (χ1n) is 11.8. The standard InChI is InChI=1S/C24H38BN3O4/c1-23(2)24(3,4)32-25(31-23)20(14-10-13-18-11-6-5-7-12-18)27-22(30)19(26)17-21(29)28-15-8-9-16-28/h5-7,11-12,19-20H,8-10,13-17,26H2,1-4H3,(H,27,30)/t19-,20+/m1/s1. The second-order valence-corrected chi connectivity index (χ2v) is 10.0. The highest BCUT2D eigenvalue weighted by Gasteiger charge is 2.54. The maximum Gasteiger partial charge on any atom is 0.481 e. The van der Waals surface area contributed by atoms with E-state index in [1.54, 1.807) is 4.90 Å². The zero-order valence-electron chi connectivity index (χ0n) is 19.9. The number of nitrogens with zero attached hydrogens (tertiary/aromatic N) is 1. The van der Waals surface area contributed by atoms with E-state index in [4.69, 9.17) is 15.0 Å². The number of carbonyl (C=O) groups excluding carboxylic acids is 2. The van der Waals surface area contributed by atoms with Crippen molar-refractivity contribution >= 4 is 18.9 Å². The number of aryl methyl sites for hydroxylation is 1. The van der Waals surface area contributed by atoms with Gasteiger partial charge in [0.15, 0.2) is 0 Å². The van der Waals surface area contributed by atoms with Crippen LogP contribution in [0.3, 0.4) is 0 Å². The maximum absolute atomic E-state index is 12.9. The van der Waals surface area contributed by atoms with Crippen molar-refractivity contribution in [2.75, 3.05) is 13.1 Å². The summed E-state index contributed by atoms with van der Waals surface area (Å²) in [5.74, 6) is -0.737. The normalized spacial score (nSPS) is 21.4. The predicted octanol–water partition coefficient (Wildman–Crippen LogP) is 2.47. The summed E-state index contributed by atoms with van der Waals surface area (Å²) in [6, 6.07) is 9.37. The highest BCUT2D eigenvalue weighted by molar-refractivity contribution is 6.48. The van der Waals surface area contributed by atoms with Crippen LogP contribution in [0.2, 0.25) is 0 Å². The van der Waals surface area contributed by atoms with Crippen molar-refractivity contribution in [3.8, 4) is 0 Å². The lowest BCUT2D eigenvalue weighted by atomic mass is 9.75. The average molecular weight is 443 g/mol. The van der Waals surface area contributed by atoms with Gasteiger partial charge >= 0.3 is 7.12 Å². The molecule has 2 aliphatic heterocycles. The van der Waals surface area contributed by atoms with Gasteiger partial charge in [0.2, 0.25) is 11.8 Å². The number of hydrogen-bond donors (Lipinski definition) is 2. The number of nitrogens with two attached hydrogens (primary N) is 1. The first-order chi connectivity index (χ1) is 15.1. The molecule has 2 heterocycles. The van der Waals surface area contributed by atoms with Crippen molar-refractivity contribution in [3.05, 3.63) is 35.9 Å². The maximum atomic E-state index is 12.9. The van der Waals surface area contributed by atoms with Gasteiger partial charge in [-0.05, 0) is 65.4 Å². The second kappa shape index (κ2) is 10.4. The van der Waals surface area contributed by atoms with Gasteiger partial charge < -0.3 is 25.3 Å². The molecule has 0 bridgehead atoms. The molecule has 176 valence electrons. The highest BCUT2D eigenvalue weighted by Crippen LogP contribution is 2.38. The van der Waals surface area contributed by atoms with Gasteiger partial charge in [-0.3, -0.25) is 9.59 Å². The molecule has 0 aliphatic carbocycles. The topological polar surface area (TPSA) is 93.9 Å². The Balaban J connectivity index is 1.61. The Morgan fingerprint density at radius 1 is 1.09 bits per heavy atom. The molecule has 2 atom stereocenters. The van der Waals surface area contributed by atoms with Gasteiger partial charge in [0.25, 0.3) is 0 Å². The molecule has 1 aromatic carbocycles. The van der Waals surface area contributed by atoms with E-state index >= 15 is 0 Å². The number of likely N-dealkylation sites (tertiary alicyclic amines) is 1. The van der Waals surface area contributed by atoms with Crippen LogP contribution in [-0.2, 0) is 25.3 Å². The number of amides is 2. The summed E-state index contributed by atoms with van der Waals surface area (Å²) in [4.78, 5) is 27.1. The van der Waals surface area contributed by atoms with Crippen LogP contribution >= 0.6 is 0 Å². The first kappa shape index (κ1) is 24.7. The number of nitrogens with one attached hydrogen (secondary N) is 1. The van der Waals surface area contributed by atoms with Crippen LogP contribution in [-0.4, -0.2) is 60.1 Å². The SMILES string of the molecule is CC1(C)OB([C@H](CCCc2ccccc2)NC(=O)[C@H](N)CC(=O)N2CCCC2)OC1(C)C. The Morgan fingerprint density at radius 3 is 2.28 bits per heavy atom. The van der Waals surface area contributed by atoms with Crippen LogP contribution in [0.15, 0.2) is 30.3 Å². The number of benzene rings is 1.